The van der Waals surface area contributed by atoms with E-state index in [-0.39, 0.29) is 0 Å². The van der Waals surface area contributed by atoms with Crippen LogP contribution in [0.2, 0.25) is 0 Å². The number of benzene rings is 2. The van der Waals surface area contributed by atoms with Gasteiger partial charge in [0.1, 0.15) is 29.0 Å². The van der Waals surface area contributed by atoms with Gasteiger partial charge in [-0.25, -0.2) is 9.97 Å². The van der Waals surface area contributed by atoms with E-state index in [4.69, 9.17) is 9.47 Å². The summed E-state index contributed by atoms with van der Waals surface area (Å²) < 4.78 is 10.7. The second kappa shape index (κ2) is 9.08. The van der Waals surface area contributed by atoms with Crippen molar-refractivity contribution in [3.8, 4) is 11.5 Å². The summed E-state index contributed by atoms with van der Waals surface area (Å²) in [6.45, 7) is 4.68. The highest BCUT2D eigenvalue weighted by atomic mass is 16.5. The number of hydrogen-bond donors (Lipinski definition) is 2. The fourth-order valence-electron chi connectivity index (χ4n) is 2.94. The predicted octanol–water partition coefficient (Wildman–Crippen LogP) is 4.51. The summed E-state index contributed by atoms with van der Waals surface area (Å²) >= 11 is 0. The summed E-state index contributed by atoms with van der Waals surface area (Å²) in [7, 11) is 3.34. The molecule has 0 radical (unpaired) electrons. The number of nitrogens with one attached hydrogen (secondary N) is 2. The molecule has 3 rings (SSSR count). The van der Waals surface area contributed by atoms with Crippen LogP contribution in [0.15, 0.2) is 48.5 Å². The zero-order chi connectivity index (χ0) is 19.9. The molecule has 0 unspecified atom stereocenters. The lowest BCUT2D eigenvalue weighted by Crippen LogP contribution is -2.08. The van der Waals surface area contributed by atoms with E-state index in [1.807, 2.05) is 56.3 Å². The molecule has 0 spiro atoms. The van der Waals surface area contributed by atoms with E-state index in [0.717, 1.165) is 47.4 Å². The second-order valence-electron chi connectivity index (χ2n) is 6.54. The molecular formula is C22H26N4O2. The number of aryl methyl sites for hydroxylation is 2. The first-order valence-electron chi connectivity index (χ1n) is 9.21. The normalized spacial score (nSPS) is 10.4. The Balaban J connectivity index is 1.68. The zero-order valence-corrected chi connectivity index (χ0v) is 16.7. The van der Waals surface area contributed by atoms with E-state index in [0.29, 0.717) is 5.82 Å². The molecule has 2 N–H and O–H groups in total. The van der Waals surface area contributed by atoms with Crippen molar-refractivity contribution in [2.24, 2.45) is 0 Å². The van der Waals surface area contributed by atoms with Gasteiger partial charge in [0.2, 0.25) is 0 Å². The fourth-order valence-corrected chi connectivity index (χ4v) is 2.94. The first kappa shape index (κ1) is 19.5. The lowest BCUT2D eigenvalue weighted by molar-refractivity contribution is 0.414. The third-order valence-electron chi connectivity index (χ3n) is 4.31. The fraction of sp³-hybridized carbons (Fsp3) is 0.273. The Bertz CT molecular complexity index is 944. The van der Waals surface area contributed by atoms with E-state index in [2.05, 4.69) is 26.7 Å². The minimum atomic E-state index is 0.695. The molecule has 6 nitrogen and oxygen atoms in total. The van der Waals surface area contributed by atoms with Gasteiger partial charge >= 0.3 is 0 Å². The average Bonchev–Trinajstić information content (AvgIpc) is 2.68. The van der Waals surface area contributed by atoms with Gasteiger partial charge in [-0.1, -0.05) is 18.2 Å². The van der Waals surface area contributed by atoms with Crippen molar-refractivity contribution in [3.63, 3.8) is 0 Å². The maximum absolute atomic E-state index is 5.43. The van der Waals surface area contributed by atoms with Gasteiger partial charge in [-0.15, -0.1) is 0 Å². The van der Waals surface area contributed by atoms with E-state index in [9.17, 15) is 0 Å². The van der Waals surface area contributed by atoms with Crippen LogP contribution < -0.4 is 20.1 Å². The zero-order valence-electron chi connectivity index (χ0n) is 16.7. The topological polar surface area (TPSA) is 68.3 Å². The summed E-state index contributed by atoms with van der Waals surface area (Å²) in [5, 5.41) is 6.71. The molecule has 0 saturated heterocycles. The highest BCUT2D eigenvalue weighted by Gasteiger charge is 2.07. The number of rotatable bonds is 8. The van der Waals surface area contributed by atoms with E-state index < -0.39 is 0 Å². The standard InChI is InChI=1S/C22H26N4O2/c1-15-8-9-20(28-4)19(12-15)26-22-14-21(24-16(2)25-22)23-11-10-17-6-5-7-18(13-17)27-3/h5-9,12-14H,10-11H2,1-4H3,(H2,23,24,25,26). The highest BCUT2D eigenvalue weighted by molar-refractivity contribution is 5.66. The minimum absolute atomic E-state index is 0.695. The molecule has 1 heterocycles. The van der Waals surface area contributed by atoms with Crippen LogP contribution in [0.1, 0.15) is 17.0 Å². The van der Waals surface area contributed by atoms with Gasteiger partial charge in [-0.3, -0.25) is 0 Å². The van der Waals surface area contributed by atoms with Crippen molar-refractivity contribution in [1.29, 1.82) is 0 Å². The maximum atomic E-state index is 5.43. The molecular weight excluding hydrogens is 352 g/mol. The van der Waals surface area contributed by atoms with Crippen molar-refractivity contribution in [2.45, 2.75) is 20.3 Å². The van der Waals surface area contributed by atoms with Gasteiger partial charge in [0.05, 0.1) is 19.9 Å². The lowest BCUT2D eigenvalue weighted by Gasteiger charge is -2.13. The number of anilines is 3. The summed E-state index contributed by atoms with van der Waals surface area (Å²) in [6.07, 6.45) is 0.870. The summed E-state index contributed by atoms with van der Waals surface area (Å²) in [6, 6.07) is 16.0. The lowest BCUT2D eigenvalue weighted by atomic mass is 10.1. The Hall–Kier alpha value is -3.28. The van der Waals surface area contributed by atoms with Crippen LogP contribution >= 0.6 is 0 Å². The Kier molecular flexibility index (Phi) is 6.32. The van der Waals surface area contributed by atoms with E-state index >= 15 is 0 Å². The quantitative estimate of drug-likeness (QED) is 0.601. The molecule has 0 saturated carbocycles. The third-order valence-corrected chi connectivity index (χ3v) is 4.31. The first-order valence-corrected chi connectivity index (χ1v) is 9.21. The van der Waals surface area contributed by atoms with Crippen LogP contribution in [0.25, 0.3) is 0 Å². The molecule has 0 atom stereocenters. The molecule has 0 amide bonds. The number of methoxy groups -OCH3 is 2. The van der Waals surface area contributed by atoms with Crippen LogP contribution in [0.5, 0.6) is 11.5 Å². The van der Waals surface area contributed by atoms with Crippen LogP contribution in [-0.2, 0) is 6.42 Å². The van der Waals surface area contributed by atoms with Crippen LogP contribution in [0.4, 0.5) is 17.3 Å². The minimum Gasteiger partial charge on any atom is -0.497 e. The number of hydrogen-bond acceptors (Lipinski definition) is 6. The van der Waals surface area contributed by atoms with Crippen LogP contribution in [-0.4, -0.2) is 30.7 Å². The van der Waals surface area contributed by atoms with E-state index in [1.54, 1.807) is 14.2 Å². The summed E-state index contributed by atoms with van der Waals surface area (Å²) in [4.78, 5) is 8.97. The molecule has 1 aromatic heterocycles. The van der Waals surface area contributed by atoms with Gasteiger partial charge in [0, 0.05) is 12.6 Å². The van der Waals surface area contributed by atoms with Crippen LogP contribution in [0.3, 0.4) is 0 Å². The Morgan fingerprint density at radius 3 is 2.50 bits per heavy atom. The molecule has 6 heteroatoms. The summed E-state index contributed by atoms with van der Waals surface area (Å²) in [5.74, 6) is 3.84. The molecule has 0 aliphatic rings. The van der Waals surface area contributed by atoms with Gasteiger partial charge in [0.25, 0.3) is 0 Å². The molecule has 28 heavy (non-hydrogen) atoms. The number of ether oxygens (including phenoxy) is 2. The molecule has 0 aliphatic carbocycles. The van der Waals surface area contributed by atoms with Gasteiger partial charge in [-0.05, 0) is 55.7 Å². The second-order valence-corrected chi connectivity index (χ2v) is 6.54. The Morgan fingerprint density at radius 2 is 1.71 bits per heavy atom. The molecule has 0 aliphatic heterocycles. The van der Waals surface area contributed by atoms with Gasteiger partial charge in [0.15, 0.2) is 0 Å². The molecule has 3 aromatic rings. The van der Waals surface area contributed by atoms with Crippen molar-refractivity contribution in [3.05, 3.63) is 65.5 Å². The molecule has 2 aromatic carbocycles. The van der Waals surface area contributed by atoms with Crippen molar-refractivity contribution >= 4 is 17.3 Å². The van der Waals surface area contributed by atoms with Crippen LogP contribution in [0, 0.1) is 13.8 Å². The van der Waals surface area contributed by atoms with Gasteiger partial charge in [-0.2, -0.15) is 0 Å². The third kappa shape index (κ3) is 5.13. The van der Waals surface area contributed by atoms with Crippen molar-refractivity contribution in [1.82, 2.24) is 9.97 Å². The van der Waals surface area contributed by atoms with Gasteiger partial charge < -0.3 is 20.1 Å². The van der Waals surface area contributed by atoms with Crippen molar-refractivity contribution in [2.75, 3.05) is 31.4 Å². The van der Waals surface area contributed by atoms with E-state index in [1.165, 1.54) is 5.56 Å². The SMILES string of the molecule is COc1cccc(CCNc2cc(Nc3cc(C)ccc3OC)nc(C)n2)c1. The maximum Gasteiger partial charge on any atom is 0.142 e. The average molecular weight is 378 g/mol. The molecule has 0 fully saturated rings. The molecule has 0 bridgehead atoms. The monoisotopic (exact) mass is 378 g/mol. The first-order chi connectivity index (χ1) is 13.6. The Morgan fingerprint density at radius 1 is 0.893 bits per heavy atom. The predicted molar refractivity (Wildman–Crippen MR) is 113 cm³/mol. The number of nitrogens with zero attached hydrogens (tertiary/aromatic N) is 2. The van der Waals surface area contributed by atoms with Crippen molar-refractivity contribution < 1.29 is 9.47 Å². The largest absolute Gasteiger partial charge is 0.497 e. The Labute approximate surface area is 166 Å². The highest BCUT2D eigenvalue weighted by Crippen LogP contribution is 2.28. The summed E-state index contributed by atoms with van der Waals surface area (Å²) in [5.41, 5.74) is 3.23. The smallest absolute Gasteiger partial charge is 0.142 e. The number of aromatic nitrogens is 2. The molecule has 146 valence electrons.